The summed E-state index contributed by atoms with van der Waals surface area (Å²) in [6.45, 7) is 1.76. The second-order valence-corrected chi connectivity index (χ2v) is 5.89. The van der Waals surface area contributed by atoms with E-state index in [0.717, 1.165) is 13.0 Å². The molecular formula is C11H15N3O2S. The van der Waals surface area contributed by atoms with Crippen molar-refractivity contribution >= 4 is 28.7 Å². The van der Waals surface area contributed by atoms with Gasteiger partial charge in [-0.15, -0.1) is 0 Å². The van der Waals surface area contributed by atoms with Crippen LogP contribution in [0.3, 0.4) is 0 Å². The second kappa shape index (κ2) is 4.42. The Balaban J connectivity index is 1.74. The average Bonchev–Trinajstić information content (AvgIpc) is 2.74. The minimum absolute atomic E-state index is 0.0606. The number of piperidine rings is 1. The van der Waals surface area contributed by atoms with Gasteiger partial charge in [-0.2, -0.15) is 4.99 Å². The third-order valence-electron chi connectivity index (χ3n) is 3.47. The molecule has 0 spiro atoms. The first-order chi connectivity index (χ1) is 8.24. The van der Waals surface area contributed by atoms with Crippen LogP contribution in [0.25, 0.3) is 0 Å². The number of fused-ring (bicyclic) bond motifs is 1. The number of hydrogen-bond acceptors (Lipinski definition) is 4. The van der Waals surface area contributed by atoms with E-state index in [1.54, 1.807) is 16.7 Å². The van der Waals surface area contributed by atoms with E-state index in [-0.39, 0.29) is 18.2 Å². The van der Waals surface area contributed by atoms with Gasteiger partial charge in [-0.25, -0.2) is 0 Å². The Kier molecular flexibility index (Phi) is 2.92. The van der Waals surface area contributed by atoms with Gasteiger partial charge in [0.2, 0.25) is 5.91 Å². The van der Waals surface area contributed by atoms with E-state index >= 15 is 0 Å². The molecule has 0 bridgehead atoms. The van der Waals surface area contributed by atoms with Gasteiger partial charge in [0.15, 0.2) is 5.17 Å². The maximum atomic E-state index is 11.7. The molecule has 3 rings (SSSR count). The van der Waals surface area contributed by atoms with Gasteiger partial charge in [0.25, 0.3) is 5.91 Å². The van der Waals surface area contributed by atoms with Gasteiger partial charge in [-0.3, -0.25) is 14.5 Å². The summed E-state index contributed by atoms with van der Waals surface area (Å²) in [4.78, 5) is 28.6. The molecule has 2 amide bonds. The summed E-state index contributed by atoms with van der Waals surface area (Å²) in [5, 5.41) is 4.46. The van der Waals surface area contributed by atoms with Crippen molar-refractivity contribution < 1.29 is 9.59 Å². The number of carbonyl (C=O) groups excluding carboxylic acids is 2. The highest BCUT2D eigenvalue weighted by Gasteiger charge is 2.40. The van der Waals surface area contributed by atoms with Crippen molar-refractivity contribution in [2.24, 2.45) is 4.99 Å². The van der Waals surface area contributed by atoms with Crippen molar-refractivity contribution in [1.29, 1.82) is 0 Å². The van der Waals surface area contributed by atoms with Crippen LogP contribution in [0.1, 0.15) is 25.7 Å². The van der Waals surface area contributed by atoms with Gasteiger partial charge in [-0.05, 0) is 19.4 Å². The maximum absolute atomic E-state index is 11.7. The van der Waals surface area contributed by atoms with E-state index in [2.05, 4.69) is 10.3 Å². The fraction of sp³-hybridized carbons (Fsp3) is 0.727. The lowest BCUT2D eigenvalue weighted by Gasteiger charge is -2.27. The molecule has 0 aromatic carbocycles. The number of amides is 2. The van der Waals surface area contributed by atoms with Gasteiger partial charge in [0.05, 0.1) is 0 Å². The van der Waals surface area contributed by atoms with Crippen LogP contribution in [0.4, 0.5) is 0 Å². The SMILES string of the molecule is O=C1CC(=O)N2CC(C3CCCCN3)SC2=N1. The second-order valence-electron chi connectivity index (χ2n) is 4.68. The number of rotatable bonds is 1. The normalized spacial score (nSPS) is 33.6. The van der Waals surface area contributed by atoms with Crippen molar-refractivity contribution in [3.05, 3.63) is 0 Å². The molecule has 0 saturated carbocycles. The van der Waals surface area contributed by atoms with Gasteiger partial charge in [-0.1, -0.05) is 18.2 Å². The molecule has 17 heavy (non-hydrogen) atoms. The number of aliphatic imine (C=N–C) groups is 1. The van der Waals surface area contributed by atoms with Crippen LogP contribution in [0.5, 0.6) is 0 Å². The Bertz CT molecular complexity index is 390. The smallest absolute Gasteiger partial charge is 0.257 e. The van der Waals surface area contributed by atoms with E-state index < -0.39 is 0 Å². The monoisotopic (exact) mass is 253 g/mol. The van der Waals surface area contributed by atoms with Crippen molar-refractivity contribution in [2.45, 2.75) is 37.0 Å². The fourth-order valence-corrected chi connectivity index (χ4v) is 3.92. The quantitative estimate of drug-likeness (QED) is 0.685. The molecule has 92 valence electrons. The molecule has 5 nitrogen and oxygen atoms in total. The molecule has 2 fully saturated rings. The van der Waals surface area contributed by atoms with Crippen LogP contribution < -0.4 is 5.32 Å². The van der Waals surface area contributed by atoms with E-state index in [0.29, 0.717) is 23.0 Å². The molecular weight excluding hydrogens is 238 g/mol. The Morgan fingerprint density at radius 3 is 3.00 bits per heavy atom. The largest absolute Gasteiger partial charge is 0.313 e. The molecule has 1 N–H and O–H groups in total. The highest BCUT2D eigenvalue weighted by molar-refractivity contribution is 8.14. The third kappa shape index (κ3) is 2.11. The van der Waals surface area contributed by atoms with E-state index in [4.69, 9.17) is 0 Å². The first-order valence-electron chi connectivity index (χ1n) is 6.06. The Morgan fingerprint density at radius 2 is 2.24 bits per heavy atom. The summed E-state index contributed by atoms with van der Waals surface area (Å²) < 4.78 is 0. The summed E-state index contributed by atoms with van der Waals surface area (Å²) in [6, 6.07) is 0.449. The molecule has 3 aliphatic heterocycles. The zero-order valence-corrected chi connectivity index (χ0v) is 10.3. The lowest BCUT2D eigenvalue weighted by Crippen LogP contribution is -2.44. The summed E-state index contributed by atoms with van der Waals surface area (Å²) >= 11 is 1.58. The summed E-state index contributed by atoms with van der Waals surface area (Å²) in [5.41, 5.74) is 0. The summed E-state index contributed by atoms with van der Waals surface area (Å²) in [5.74, 6) is -0.392. The van der Waals surface area contributed by atoms with Gasteiger partial charge < -0.3 is 5.32 Å². The molecule has 0 radical (unpaired) electrons. The molecule has 0 aromatic rings. The standard InChI is InChI=1S/C11H15N3O2S/c15-9-5-10(16)14-6-8(17-11(14)13-9)7-3-1-2-4-12-7/h7-8,12H,1-6H2. The highest BCUT2D eigenvalue weighted by Crippen LogP contribution is 2.33. The Labute approximate surface area is 104 Å². The van der Waals surface area contributed by atoms with Crippen molar-refractivity contribution in [3.8, 4) is 0 Å². The zero-order chi connectivity index (χ0) is 11.8. The van der Waals surface area contributed by atoms with Crippen molar-refractivity contribution in [3.63, 3.8) is 0 Å². The minimum atomic E-state index is -0.300. The van der Waals surface area contributed by atoms with Gasteiger partial charge >= 0.3 is 0 Å². The Morgan fingerprint density at radius 1 is 1.35 bits per heavy atom. The third-order valence-corrected chi connectivity index (χ3v) is 4.77. The molecule has 6 heteroatoms. The number of nitrogens with one attached hydrogen (secondary N) is 1. The van der Waals surface area contributed by atoms with Crippen LogP contribution >= 0.6 is 11.8 Å². The molecule has 0 aromatic heterocycles. The first kappa shape index (κ1) is 11.2. The Hall–Kier alpha value is -0.880. The molecule has 0 aliphatic carbocycles. The van der Waals surface area contributed by atoms with E-state index in [1.807, 2.05) is 0 Å². The molecule has 2 atom stereocenters. The molecule has 2 unspecified atom stereocenters. The number of amidine groups is 1. The number of hydrogen-bond donors (Lipinski definition) is 1. The number of thioether (sulfide) groups is 1. The lowest BCUT2D eigenvalue weighted by molar-refractivity contribution is -0.133. The predicted octanol–water partition coefficient (Wildman–Crippen LogP) is 0.359. The maximum Gasteiger partial charge on any atom is 0.257 e. The van der Waals surface area contributed by atoms with Gasteiger partial charge in [0, 0.05) is 17.8 Å². The van der Waals surface area contributed by atoms with Crippen LogP contribution in [0.15, 0.2) is 4.99 Å². The van der Waals surface area contributed by atoms with Crippen LogP contribution in [-0.2, 0) is 9.59 Å². The topological polar surface area (TPSA) is 61.8 Å². The van der Waals surface area contributed by atoms with E-state index in [1.165, 1.54) is 12.8 Å². The first-order valence-corrected chi connectivity index (χ1v) is 6.94. The van der Waals surface area contributed by atoms with Crippen molar-refractivity contribution in [1.82, 2.24) is 10.2 Å². The van der Waals surface area contributed by atoms with Crippen LogP contribution in [0.2, 0.25) is 0 Å². The van der Waals surface area contributed by atoms with Crippen LogP contribution in [-0.4, -0.2) is 46.3 Å². The molecule has 3 aliphatic rings. The molecule has 3 heterocycles. The fourth-order valence-electron chi connectivity index (χ4n) is 2.57. The predicted molar refractivity (Wildman–Crippen MR) is 65.8 cm³/mol. The van der Waals surface area contributed by atoms with Gasteiger partial charge in [0.1, 0.15) is 6.42 Å². The summed E-state index contributed by atoms with van der Waals surface area (Å²) in [7, 11) is 0. The van der Waals surface area contributed by atoms with Crippen molar-refractivity contribution in [2.75, 3.05) is 13.1 Å². The molecule has 2 saturated heterocycles. The number of nitrogens with zero attached hydrogens (tertiary/aromatic N) is 2. The average molecular weight is 253 g/mol. The lowest BCUT2D eigenvalue weighted by atomic mass is 10.0. The van der Waals surface area contributed by atoms with E-state index in [9.17, 15) is 9.59 Å². The van der Waals surface area contributed by atoms with Crippen LogP contribution in [0, 0.1) is 0 Å². The zero-order valence-electron chi connectivity index (χ0n) is 9.52. The number of carbonyl (C=O) groups is 2. The summed E-state index contributed by atoms with van der Waals surface area (Å²) in [6.07, 6.45) is 3.57. The highest BCUT2D eigenvalue weighted by atomic mass is 32.2. The minimum Gasteiger partial charge on any atom is -0.313 e.